The first-order valence-corrected chi connectivity index (χ1v) is 6.51. The van der Waals surface area contributed by atoms with Crippen LogP contribution < -0.4 is 11.1 Å². The minimum absolute atomic E-state index is 0.191. The predicted molar refractivity (Wildman–Crippen MR) is 66.9 cm³/mol. The smallest absolute Gasteiger partial charge is 0.0223 e. The number of hydrogen-bond acceptors (Lipinski definition) is 2. The maximum atomic E-state index is 5.90. The highest BCUT2D eigenvalue weighted by Crippen LogP contribution is 2.26. The second-order valence-corrected chi connectivity index (χ2v) is 5.99. The molecule has 1 fully saturated rings. The minimum Gasteiger partial charge on any atom is -0.329 e. The summed E-state index contributed by atoms with van der Waals surface area (Å²) in [6, 6.07) is 0.517. The van der Waals surface area contributed by atoms with Crippen LogP contribution >= 0.6 is 0 Å². The molecule has 1 rings (SSSR count). The van der Waals surface area contributed by atoms with Gasteiger partial charge >= 0.3 is 0 Å². The molecule has 1 unspecified atom stereocenters. The zero-order valence-corrected chi connectivity index (χ0v) is 10.7. The summed E-state index contributed by atoms with van der Waals surface area (Å²) in [6.07, 6.45) is 8.36. The standard InChI is InChI=1S/C13H28N2/c1-13(2,3)15-12(10-14)11-8-6-4-5-7-9-11/h11-12,15H,4-10,14H2,1-3H3. The second-order valence-electron chi connectivity index (χ2n) is 5.99. The number of nitrogens with two attached hydrogens (primary N) is 1. The molecule has 2 nitrogen and oxygen atoms in total. The molecule has 2 heteroatoms. The first-order chi connectivity index (χ1) is 7.03. The molecule has 90 valence electrons. The SMILES string of the molecule is CC(C)(C)NC(CN)C1CCCCCC1. The van der Waals surface area contributed by atoms with Gasteiger partial charge in [0, 0.05) is 18.1 Å². The third-order valence-electron chi connectivity index (χ3n) is 3.34. The van der Waals surface area contributed by atoms with Gasteiger partial charge in [-0.25, -0.2) is 0 Å². The molecule has 1 aliphatic rings. The van der Waals surface area contributed by atoms with E-state index in [0.717, 1.165) is 12.5 Å². The van der Waals surface area contributed by atoms with Crippen LogP contribution in [-0.2, 0) is 0 Å². The van der Waals surface area contributed by atoms with E-state index < -0.39 is 0 Å². The summed E-state index contributed by atoms with van der Waals surface area (Å²) in [6.45, 7) is 7.47. The maximum absolute atomic E-state index is 5.90. The van der Waals surface area contributed by atoms with Crippen LogP contribution in [0.3, 0.4) is 0 Å². The average molecular weight is 212 g/mol. The highest BCUT2D eigenvalue weighted by molar-refractivity contribution is 4.84. The van der Waals surface area contributed by atoms with Gasteiger partial charge in [-0.2, -0.15) is 0 Å². The molecule has 1 atom stereocenters. The van der Waals surface area contributed by atoms with Crippen molar-refractivity contribution in [3.8, 4) is 0 Å². The van der Waals surface area contributed by atoms with Crippen LogP contribution in [-0.4, -0.2) is 18.1 Å². The maximum Gasteiger partial charge on any atom is 0.0223 e. The van der Waals surface area contributed by atoms with Crippen molar-refractivity contribution in [2.75, 3.05) is 6.54 Å². The van der Waals surface area contributed by atoms with E-state index in [2.05, 4.69) is 26.1 Å². The minimum atomic E-state index is 0.191. The van der Waals surface area contributed by atoms with Gasteiger partial charge in [-0.3, -0.25) is 0 Å². The lowest BCUT2D eigenvalue weighted by Crippen LogP contribution is -2.50. The van der Waals surface area contributed by atoms with Crippen LogP contribution in [0.4, 0.5) is 0 Å². The van der Waals surface area contributed by atoms with E-state index in [1.807, 2.05) is 0 Å². The van der Waals surface area contributed by atoms with Crippen molar-refractivity contribution in [1.82, 2.24) is 5.32 Å². The second kappa shape index (κ2) is 5.86. The van der Waals surface area contributed by atoms with Crippen LogP contribution in [0.15, 0.2) is 0 Å². The predicted octanol–water partition coefficient (Wildman–Crippen LogP) is 2.67. The summed E-state index contributed by atoms with van der Waals surface area (Å²) < 4.78 is 0. The van der Waals surface area contributed by atoms with E-state index >= 15 is 0 Å². The summed E-state index contributed by atoms with van der Waals surface area (Å²) in [7, 11) is 0. The van der Waals surface area contributed by atoms with Crippen molar-refractivity contribution >= 4 is 0 Å². The van der Waals surface area contributed by atoms with Gasteiger partial charge < -0.3 is 11.1 Å². The number of nitrogens with one attached hydrogen (secondary N) is 1. The molecule has 0 aromatic rings. The molecule has 1 aliphatic carbocycles. The Balaban J connectivity index is 2.48. The third kappa shape index (κ3) is 4.98. The fourth-order valence-corrected chi connectivity index (χ4v) is 2.64. The van der Waals surface area contributed by atoms with Gasteiger partial charge in [-0.1, -0.05) is 25.7 Å². The Bertz CT molecular complexity index is 164. The summed E-state index contributed by atoms with van der Waals surface area (Å²) in [5.41, 5.74) is 6.09. The van der Waals surface area contributed by atoms with E-state index in [0.29, 0.717) is 6.04 Å². The van der Waals surface area contributed by atoms with E-state index in [4.69, 9.17) is 5.73 Å². The van der Waals surface area contributed by atoms with Gasteiger partial charge in [-0.15, -0.1) is 0 Å². The van der Waals surface area contributed by atoms with Crippen LogP contribution in [0.2, 0.25) is 0 Å². The van der Waals surface area contributed by atoms with Crippen molar-refractivity contribution in [3.05, 3.63) is 0 Å². The Morgan fingerprint density at radius 2 is 1.67 bits per heavy atom. The first kappa shape index (κ1) is 13.0. The van der Waals surface area contributed by atoms with Crippen LogP contribution in [0.25, 0.3) is 0 Å². The van der Waals surface area contributed by atoms with Gasteiger partial charge in [0.1, 0.15) is 0 Å². The topological polar surface area (TPSA) is 38.0 Å². The summed E-state index contributed by atoms with van der Waals surface area (Å²) in [5.74, 6) is 0.803. The average Bonchev–Trinajstić information content (AvgIpc) is 2.40. The van der Waals surface area contributed by atoms with Gasteiger partial charge in [0.15, 0.2) is 0 Å². The van der Waals surface area contributed by atoms with Crippen molar-refractivity contribution in [2.24, 2.45) is 11.7 Å². The van der Waals surface area contributed by atoms with Crippen molar-refractivity contribution in [3.63, 3.8) is 0 Å². The number of rotatable bonds is 3. The molecule has 0 aromatic carbocycles. The monoisotopic (exact) mass is 212 g/mol. The summed E-state index contributed by atoms with van der Waals surface area (Å²) >= 11 is 0. The largest absolute Gasteiger partial charge is 0.329 e. The molecule has 0 aliphatic heterocycles. The molecule has 15 heavy (non-hydrogen) atoms. The molecular formula is C13H28N2. The molecule has 1 saturated carbocycles. The quantitative estimate of drug-likeness (QED) is 0.706. The van der Waals surface area contributed by atoms with Gasteiger partial charge in [0.2, 0.25) is 0 Å². The first-order valence-electron chi connectivity index (χ1n) is 6.51. The zero-order valence-electron chi connectivity index (χ0n) is 10.7. The highest BCUT2D eigenvalue weighted by atomic mass is 15.0. The Morgan fingerprint density at radius 3 is 2.07 bits per heavy atom. The molecule has 0 amide bonds. The van der Waals surface area contributed by atoms with Crippen molar-refractivity contribution in [2.45, 2.75) is 70.9 Å². The molecule has 0 bridgehead atoms. The Labute approximate surface area is 95.0 Å². The van der Waals surface area contributed by atoms with Crippen molar-refractivity contribution < 1.29 is 0 Å². The van der Waals surface area contributed by atoms with Crippen LogP contribution in [0, 0.1) is 5.92 Å². The zero-order chi connectivity index (χ0) is 11.3. The summed E-state index contributed by atoms with van der Waals surface area (Å²) in [4.78, 5) is 0. The van der Waals surface area contributed by atoms with Gasteiger partial charge in [-0.05, 0) is 39.5 Å². The number of hydrogen-bond donors (Lipinski definition) is 2. The fraction of sp³-hybridized carbons (Fsp3) is 1.00. The lowest BCUT2D eigenvalue weighted by molar-refractivity contribution is 0.264. The normalized spacial score (nSPS) is 22.4. The molecular weight excluding hydrogens is 184 g/mol. The van der Waals surface area contributed by atoms with E-state index in [1.165, 1.54) is 38.5 Å². The lowest BCUT2D eigenvalue weighted by atomic mass is 9.90. The summed E-state index contributed by atoms with van der Waals surface area (Å²) in [5, 5.41) is 3.68. The molecule has 0 heterocycles. The highest BCUT2D eigenvalue weighted by Gasteiger charge is 2.24. The molecule has 0 radical (unpaired) electrons. The Morgan fingerprint density at radius 1 is 1.13 bits per heavy atom. The Kier molecular flexibility index (Phi) is 5.07. The van der Waals surface area contributed by atoms with E-state index in [-0.39, 0.29) is 5.54 Å². The van der Waals surface area contributed by atoms with Gasteiger partial charge in [0.05, 0.1) is 0 Å². The third-order valence-corrected chi connectivity index (χ3v) is 3.34. The molecule has 0 aromatic heterocycles. The molecule has 3 N–H and O–H groups in total. The molecule has 0 saturated heterocycles. The van der Waals surface area contributed by atoms with Crippen LogP contribution in [0.1, 0.15) is 59.3 Å². The van der Waals surface area contributed by atoms with Crippen molar-refractivity contribution in [1.29, 1.82) is 0 Å². The van der Waals surface area contributed by atoms with Crippen LogP contribution in [0.5, 0.6) is 0 Å². The van der Waals surface area contributed by atoms with E-state index in [9.17, 15) is 0 Å². The van der Waals surface area contributed by atoms with E-state index in [1.54, 1.807) is 0 Å². The molecule has 0 spiro atoms. The van der Waals surface area contributed by atoms with Gasteiger partial charge in [0.25, 0.3) is 0 Å². The fourth-order valence-electron chi connectivity index (χ4n) is 2.64. The lowest BCUT2D eigenvalue weighted by Gasteiger charge is -2.33. The Hall–Kier alpha value is -0.0800.